The van der Waals surface area contributed by atoms with Crippen molar-refractivity contribution in [3.05, 3.63) is 12.2 Å². The fraction of sp³-hybridized carbons (Fsp3) is 0.667. The highest BCUT2D eigenvalue weighted by molar-refractivity contribution is 5.06. The molecule has 1 fully saturated rings. The Morgan fingerprint density at radius 3 is 2.85 bits per heavy atom. The van der Waals surface area contributed by atoms with Gasteiger partial charge in [0.2, 0.25) is 0 Å². The molecule has 1 heterocycles. The Bertz CT molecular complexity index is 242. The standard InChI is InChI=1S/C9H13NO3/c1-9(2)12-6-8(13-9)7(11)4-3-5-10/h3-4,7-8,11H,6H2,1-2H3/b4-3+. The first-order valence-corrected chi connectivity index (χ1v) is 4.11. The zero-order chi connectivity index (χ0) is 9.90. The summed E-state index contributed by atoms with van der Waals surface area (Å²) in [6, 6.07) is 1.81. The Labute approximate surface area is 77.4 Å². The summed E-state index contributed by atoms with van der Waals surface area (Å²) in [5.41, 5.74) is 0. The van der Waals surface area contributed by atoms with Gasteiger partial charge in [0.25, 0.3) is 0 Å². The van der Waals surface area contributed by atoms with Crippen molar-refractivity contribution in [2.24, 2.45) is 0 Å². The van der Waals surface area contributed by atoms with Gasteiger partial charge < -0.3 is 14.6 Å². The van der Waals surface area contributed by atoms with Crippen molar-refractivity contribution in [1.29, 1.82) is 5.26 Å². The van der Waals surface area contributed by atoms with Crippen molar-refractivity contribution in [1.82, 2.24) is 0 Å². The van der Waals surface area contributed by atoms with E-state index in [0.717, 1.165) is 0 Å². The van der Waals surface area contributed by atoms with E-state index in [2.05, 4.69) is 0 Å². The minimum atomic E-state index is -0.776. The summed E-state index contributed by atoms with van der Waals surface area (Å²) in [5.74, 6) is -0.633. The van der Waals surface area contributed by atoms with Gasteiger partial charge in [0.05, 0.1) is 12.7 Å². The summed E-state index contributed by atoms with van der Waals surface area (Å²) in [6.45, 7) is 3.92. The van der Waals surface area contributed by atoms with Gasteiger partial charge in [-0.1, -0.05) is 0 Å². The van der Waals surface area contributed by atoms with E-state index >= 15 is 0 Å². The lowest BCUT2D eigenvalue weighted by molar-refractivity contribution is -0.147. The fourth-order valence-corrected chi connectivity index (χ4v) is 1.15. The lowest BCUT2D eigenvalue weighted by atomic mass is 10.2. The second-order valence-corrected chi connectivity index (χ2v) is 3.35. The molecule has 4 heteroatoms. The molecule has 2 atom stereocenters. The minimum absolute atomic E-state index is 0.351. The third kappa shape index (κ3) is 2.81. The summed E-state index contributed by atoms with van der Waals surface area (Å²) in [4.78, 5) is 0. The Hall–Kier alpha value is -0.890. The third-order valence-electron chi connectivity index (χ3n) is 1.78. The van der Waals surface area contributed by atoms with Crippen LogP contribution < -0.4 is 0 Å². The molecule has 1 saturated heterocycles. The van der Waals surface area contributed by atoms with E-state index in [9.17, 15) is 5.11 Å². The molecule has 2 unspecified atom stereocenters. The zero-order valence-electron chi connectivity index (χ0n) is 7.73. The predicted molar refractivity (Wildman–Crippen MR) is 45.7 cm³/mol. The second-order valence-electron chi connectivity index (χ2n) is 3.35. The predicted octanol–water partition coefficient (Wildman–Crippen LogP) is 0.579. The van der Waals surface area contributed by atoms with Gasteiger partial charge in [-0.05, 0) is 19.9 Å². The molecule has 0 aliphatic carbocycles. The average molecular weight is 183 g/mol. The number of nitrogens with zero attached hydrogens (tertiary/aromatic N) is 1. The molecule has 0 aromatic carbocycles. The van der Waals surface area contributed by atoms with Gasteiger partial charge in [0.1, 0.15) is 12.2 Å². The molecule has 13 heavy (non-hydrogen) atoms. The third-order valence-corrected chi connectivity index (χ3v) is 1.78. The SMILES string of the molecule is CC1(C)OCC(C(O)/C=C/C#N)O1. The molecule has 0 radical (unpaired) electrons. The van der Waals surface area contributed by atoms with E-state index in [0.29, 0.717) is 6.61 Å². The molecule has 0 bridgehead atoms. The maximum absolute atomic E-state index is 9.47. The fourth-order valence-electron chi connectivity index (χ4n) is 1.15. The lowest BCUT2D eigenvalue weighted by Crippen LogP contribution is -2.29. The smallest absolute Gasteiger partial charge is 0.163 e. The van der Waals surface area contributed by atoms with Crippen LogP contribution in [0.4, 0.5) is 0 Å². The number of aliphatic hydroxyl groups excluding tert-OH is 1. The van der Waals surface area contributed by atoms with E-state index in [-0.39, 0.29) is 6.10 Å². The van der Waals surface area contributed by atoms with E-state index in [1.54, 1.807) is 19.9 Å². The van der Waals surface area contributed by atoms with E-state index in [1.807, 2.05) is 0 Å². The van der Waals surface area contributed by atoms with Gasteiger partial charge in [-0.2, -0.15) is 5.26 Å². The van der Waals surface area contributed by atoms with Crippen LogP contribution in [0, 0.1) is 11.3 Å². The Balaban J connectivity index is 2.47. The van der Waals surface area contributed by atoms with Crippen LogP contribution in [0.3, 0.4) is 0 Å². The lowest BCUT2D eigenvalue weighted by Gasteiger charge is -2.18. The molecule has 1 aliphatic rings. The summed E-state index contributed by atoms with van der Waals surface area (Å²) in [6.07, 6.45) is 1.48. The van der Waals surface area contributed by atoms with Crippen LogP contribution in [0.2, 0.25) is 0 Å². The van der Waals surface area contributed by atoms with Gasteiger partial charge in [-0.25, -0.2) is 0 Å². The van der Waals surface area contributed by atoms with Crippen molar-refractivity contribution in [3.8, 4) is 6.07 Å². The highest BCUT2D eigenvalue weighted by Gasteiger charge is 2.35. The number of hydrogen-bond donors (Lipinski definition) is 1. The van der Waals surface area contributed by atoms with Crippen LogP contribution in [-0.4, -0.2) is 29.7 Å². The molecular weight excluding hydrogens is 170 g/mol. The van der Waals surface area contributed by atoms with Crippen LogP contribution in [0.15, 0.2) is 12.2 Å². The summed E-state index contributed by atoms with van der Waals surface area (Å²) >= 11 is 0. The van der Waals surface area contributed by atoms with Crippen molar-refractivity contribution in [2.75, 3.05) is 6.61 Å². The monoisotopic (exact) mass is 183 g/mol. The molecule has 0 spiro atoms. The first-order chi connectivity index (χ1) is 6.05. The summed E-state index contributed by atoms with van der Waals surface area (Å²) < 4.78 is 10.6. The van der Waals surface area contributed by atoms with Crippen LogP contribution >= 0.6 is 0 Å². The van der Waals surface area contributed by atoms with E-state index < -0.39 is 11.9 Å². The van der Waals surface area contributed by atoms with Crippen LogP contribution in [-0.2, 0) is 9.47 Å². The maximum Gasteiger partial charge on any atom is 0.163 e. The largest absolute Gasteiger partial charge is 0.386 e. The molecule has 1 N–H and O–H groups in total. The highest BCUT2D eigenvalue weighted by atomic mass is 16.7. The van der Waals surface area contributed by atoms with Crippen molar-refractivity contribution < 1.29 is 14.6 Å². The Morgan fingerprint density at radius 2 is 2.38 bits per heavy atom. The number of aliphatic hydroxyl groups is 1. The molecule has 1 aliphatic heterocycles. The van der Waals surface area contributed by atoms with Gasteiger partial charge >= 0.3 is 0 Å². The average Bonchev–Trinajstić information content (AvgIpc) is 2.42. The van der Waals surface area contributed by atoms with E-state index in [4.69, 9.17) is 14.7 Å². The molecule has 1 rings (SSSR count). The van der Waals surface area contributed by atoms with Gasteiger partial charge in [0.15, 0.2) is 5.79 Å². The number of hydrogen-bond acceptors (Lipinski definition) is 4. The van der Waals surface area contributed by atoms with Crippen LogP contribution in [0.1, 0.15) is 13.8 Å². The minimum Gasteiger partial charge on any atom is -0.386 e. The molecule has 0 aromatic heterocycles. The van der Waals surface area contributed by atoms with Gasteiger partial charge in [-0.15, -0.1) is 0 Å². The highest BCUT2D eigenvalue weighted by Crippen LogP contribution is 2.24. The van der Waals surface area contributed by atoms with Crippen LogP contribution in [0.25, 0.3) is 0 Å². The molecule has 4 nitrogen and oxygen atoms in total. The van der Waals surface area contributed by atoms with Gasteiger partial charge in [0, 0.05) is 6.08 Å². The molecule has 72 valence electrons. The van der Waals surface area contributed by atoms with E-state index in [1.165, 1.54) is 12.2 Å². The number of rotatable bonds is 2. The molecule has 0 amide bonds. The van der Waals surface area contributed by atoms with Gasteiger partial charge in [-0.3, -0.25) is 0 Å². The normalized spacial score (nSPS) is 28.9. The number of ether oxygens (including phenoxy) is 2. The Morgan fingerprint density at radius 1 is 1.69 bits per heavy atom. The maximum atomic E-state index is 9.47. The number of allylic oxidation sites excluding steroid dienone is 1. The first kappa shape index (κ1) is 10.2. The zero-order valence-corrected chi connectivity index (χ0v) is 7.73. The summed E-state index contributed by atoms with van der Waals surface area (Å²) in [7, 11) is 0. The quantitative estimate of drug-likeness (QED) is 0.636. The second kappa shape index (κ2) is 3.88. The molecule has 0 saturated carbocycles. The Kier molecular flexibility index (Phi) is 3.04. The topological polar surface area (TPSA) is 62.5 Å². The molecular formula is C9H13NO3. The molecule has 0 aromatic rings. The summed E-state index contributed by atoms with van der Waals surface area (Å²) in [5, 5.41) is 17.7. The first-order valence-electron chi connectivity index (χ1n) is 4.11. The van der Waals surface area contributed by atoms with Crippen molar-refractivity contribution >= 4 is 0 Å². The van der Waals surface area contributed by atoms with Crippen molar-refractivity contribution in [3.63, 3.8) is 0 Å². The van der Waals surface area contributed by atoms with Crippen molar-refractivity contribution in [2.45, 2.75) is 31.8 Å². The van der Waals surface area contributed by atoms with Crippen LogP contribution in [0.5, 0.6) is 0 Å². The number of nitriles is 1.